The van der Waals surface area contributed by atoms with E-state index in [1.807, 2.05) is 32.1 Å². The van der Waals surface area contributed by atoms with Crippen LogP contribution in [0.25, 0.3) is 0 Å². The normalized spacial score (nSPS) is 12.1. The zero-order valence-corrected chi connectivity index (χ0v) is 14.3. The van der Waals surface area contributed by atoms with E-state index in [1.165, 1.54) is 18.4 Å². The molecule has 0 atom stereocenters. The number of sulfonamides is 1. The molecule has 0 aromatic heterocycles. The van der Waals surface area contributed by atoms with Gasteiger partial charge in [0.1, 0.15) is 4.90 Å². The highest BCUT2D eigenvalue weighted by molar-refractivity contribution is 7.89. The molecule has 1 aromatic carbocycles. The third kappa shape index (κ3) is 4.33. The highest BCUT2D eigenvalue weighted by Gasteiger charge is 2.22. The summed E-state index contributed by atoms with van der Waals surface area (Å²) in [5, 5.41) is 0. The van der Waals surface area contributed by atoms with E-state index >= 15 is 0 Å². The SMILES string of the molecule is CN(C)CCCN(C)c1cccc(S(=O)(=O)N(C)C)c1N. The minimum atomic E-state index is -3.52. The fourth-order valence-electron chi connectivity index (χ4n) is 2.03. The molecule has 0 saturated heterocycles. The number of benzene rings is 1. The second-order valence-corrected chi connectivity index (χ2v) is 7.68. The zero-order valence-electron chi connectivity index (χ0n) is 13.5. The largest absolute Gasteiger partial charge is 0.396 e. The molecule has 7 heteroatoms. The lowest BCUT2D eigenvalue weighted by molar-refractivity contribution is 0.402. The summed E-state index contributed by atoms with van der Waals surface area (Å²) in [5.41, 5.74) is 7.13. The van der Waals surface area contributed by atoms with Crippen LogP contribution in [0.1, 0.15) is 6.42 Å². The molecule has 1 aromatic rings. The van der Waals surface area contributed by atoms with Crippen molar-refractivity contribution in [3.05, 3.63) is 18.2 Å². The first kappa shape index (κ1) is 17.7. The second kappa shape index (κ2) is 7.11. The van der Waals surface area contributed by atoms with Gasteiger partial charge in [0.25, 0.3) is 0 Å². The van der Waals surface area contributed by atoms with E-state index in [2.05, 4.69) is 4.90 Å². The van der Waals surface area contributed by atoms with Crippen LogP contribution in [0.3, 0.4) is 0 Å². The maximum absolute atomic E-state index is 12.3. The van der Waals surface area contributed by atoms with Crippen molar-refractivity contribution in [2.45, 2.75) is 11.3 Å². The molecule has 0 heterocycles. The molecule has 1 rings (SSSR count). The van der Waals surface area contributed by atoms with Gasteiger partial charge in [0.05, 0.1) is 11.4 Å². The molecule has 120 valence electrons. The number of nitrogens with zero attached hydrogens (tertiary/aromatic N) is 3. The number of para-hydroxylation sites is 1. The molecule has 0 bridgehead atoms. The fourth-order valence-corrected chi connectivity index (χ4v) is 3.06. The molecule has 2 N–H and O–H groups in total. The summed E-state index contributed by atoms with van der Waals surface area (Å²) >= 11 is 0. The molecule has 0 fully saturated rings. The van der Waals surface area contributed by atoms with Crippen LogP contribution in [0.4, 0.5) is 11.4 Å². The molecule has 0 saturated carbocycles. The predicted octanol–water partition coefficient (Wildman–Crippen LogP) is 0.907. The van der Waals surface area contributed by atoms with E-state index in [1.54, 1.807) is 12.1 Å². The maximum Gasteiger partial charge on any atom is 0.244 e. The van der Waals surface area contributed by atoms with Gasteiger partial charge in [-0.2, -0.15) is 0 Å². The van der Waals surface area contributed by atoms with Gasteiger partial charge in [-0.15, -0.1) is 0 Å². The van der Waals surface area contributed by atoms with Gasteiger partial charge >= 0.3 is 0 Å². The van der Waals surface area contributed by atoms with Crippen molar-refractivity contribution >= 4 is 21.4 Å². The Kier molecular flexibility index (Phi) is 6.00. The van der Waals surface area contributed by atoms with Crippen LogP contribution in [0.5, 0.6) is 0 Å². The van der Waals surface area contributed by atoms with Crippen LogP contribution in [-0.4, -0.2) is 66.0 Å². The summed E-state index contributed by atoms with van der Waals surface area (Å²) < 4.78 is 25.7. The topological polar surface area (TPSA) is 69.9 Å². The van der Waals surface area contributed by atoms with Crippen molar-refractivity contribution in [1.82, 2.24) is 9.21 Å². The van der Waals surface area contributed by atoms with Crippen LogP contribution < -0.4 is 10.6 Å². The van der Waals surface area contributed by atoms with Gasteiger partial charge in [-0.3, -0.25) is 0 Å². The summed E-state index contributed by atoms with van der Waals surface area (Å²) in [6, 6.07) is 5.12. The number of nitrogens with two attached hydrogens (primary N) is 1. The standard InChI is InChI=1S/C14H26N4O2S/c1-16(2)10-7-11-18(5)12-8-6-9-13(14(12)15)21(19,20)17(3)4/h6,8-9H,7,10-11,15H2,1-5H3. The van der Waals surface area contributed by atoms with Crippen LogP contribution in [-0.2, 0) is 10.0 Å². The molecule has 0 aliphatic heterocycles. The Morgan fingerprint density at radius 2 is 1.67 bits per heavy atom. The monoisotopic (exact) mass is 314 g/mol. The van der Waals surface area contributed by atoms with Crippen molar-refractivity contribution in [2.75, 3.05) is 59.0 Å². The first-order valence-electron chi connectivity index (χ1n) is 6.84. The number of rotatable bonds is 7. The molecule has 0 aliphatic rings. The van der Waals surface area contributed by atoms with Gasteiger partial charge in [-0.05, 0) is 39.2 Å². The first-order valence-corrected chi connectivity index (χ1v) is 8.28. The zero-order chi connectivity index (χ0) is 16.2. The van der Waals surface area contributed by atoms with Crippen LogP contribution in [0, 0.1) is 0 Å². The number of hydrogen-bond donors (Lipinski definition) is 1. The predicted molar refractivity (Wildman–Crippen MR) is 88.2 cm³/mol. The lowest BCUT2D eigenvalue weighted by Gasteiger charge is -2.24. The van der Waals surface area contributed by atoms with Gasteiger partial charge in [-0.25, -0.2) is 12.7 Å². The maximum atomic E-state index is 12.3. The Hall–Kier alpha value is -1.31. The van der Waals surface area contributed by atoms with Crippen molar-refractivity contribution in [3.8, 4) is 0 Å². The fraction of sp³-hybridized carbons (Fsp3) is 0.571. The summed E-state index contributed by atoms with van der Waals surface area (Å²) in [7, 11) is 5.46. The highest BCUT2D eigenvalue weighted by atomic mass is 32.2. The lowest BCUT2D eigenvalue weighted by atomic mass is 10.2. The van der Waals surface area contributed by atoms with E-state index in [0.717, 1.165) is 25.2 Å². The van der Waals surface area contributed by atoms with Crippen molar-refractivity contribution in [3.63, 3.8) is 0 Å². The second-order valence-electron chi connectivity index (χ2n) is 5.55. The number of hydrogen-bond acceptors (Lipinski definition) is 5. The summed E-state index contributed by atoms with van der Waals surface area (Å²) in [4.78, 5) is 4.27. The molecular weight excluding hydrogens is 288 g/mol. The number of nitrogen functional groups attached to an aromatic ring is 1. The van der Waals surface area contributed by atoms with Crippen LogP contribution in [0.2, 0.25) is 0 Å². The van der Waals surface area contributed by atoms with E-state index in [9.17, 15) is 8.42 Å². The molecule has 0 unspecified atom stereocenters. The average Bonchev–Trinajstić information content (AvgIpc) is 2.37. The van der Waals surface area contributed by atoms with Crippen molar-refractivity contribution in [2.24, 2.45) is 0 Å². The van der Waals surface area contributed by atoms with Gasteiger partial charge in [0.15, 0.2) is 0 Å². The van der Waals surface area contributed by atoms with E-state index in [4.69, 9.17) is 5.73 Å². The average molecular weight is 314 g/mol. The quantitative estimate of drug-likeness (QED) is 0.758. The van der Waals surface area contributed by atoms with Crippen molar-refractivity contribution < 1.29 is 8.42 Å². The third-order valence-corrected chi connectivity index (χ3v) is 5.19. The lowest BCUT2D eigenvalue weighted by Crippen LogP contribution is -2.26. The van der Waals surface area contributed by atoms with Gasteiger partial charge in [0, 0.05) is 27.7 Å². The van der Waals surface area contributed by atoms with Crippen LogP contribution >= 0.6 is 0 Å². The number of anilines is 2. The van der Waals surface area contributed by atoms with Crippen LogP contribution in [0.15, 0.2) is 23.1 Å². The molecule has 21 heavy (non-hydrogen) atoms. The first-order chi connectivity index (χ1) is 9.67. The molecule has 0 amide bonds. The summed E-state index contributed by atoms with van der Waals surface area (Å²) in [5.74, 6) is 0. The summed E-state index contributed by atoms with van der Waals surface area (Å²) in [6.45, 7) is 1.79. The molecule has 0 spiro atoms. The smallest absolute Gasteiger partial charge is 0.244 e. The van der Waals surface area contributed by atoms with Gasteiger partial charge in [-0.1, -0.05) is 6.07 Å². The van der Waals surface area contributed by atoms with Gasteiger partial charge in [0.2, 0.25) is 10.0 Å². The Labute approximate surface area is 128 Å². The third-order valence-electron chi connectivity index (χ3n) is 3.31. The Morgan fingerprint density at radius 3 is 2.19 bits per heavy atom. The van der Waals surface area contributed by atoms with Crippen molar-refractivity contribution in [1.29, 1.82) is 0 Å². The Balaban J connectivity index is 3.01. The summed E-state index contributed by atoms with van der Waals surface area (Å²) in [6.07, 6.45) is 0.980. The van der Waals surface area contributed by atoms with Gasteiger partial charge < -0.3 is 15.5 Å². The van der Waals surface area contributed by atoms with E-state index in [-0.39, 0.29) is 4.90 Å². The molecular formula is C14H26N4O2S. The molecule has 0 radical (unpaired) electrons. The Bertz CT molecular complexity index is 570. The minimum Gasteiger partial charge on any atom is -0.396 e. The highest BCUT2D eigenvalue weighted by Crippen LogP contribution is 2.30. The molecule has 0 aliphatic carbocycles. The Morgan fingerprint density at radius 1 is 1.05 bits per heavy atom. The minimum absolute atomic E-state index is 0.157. The van der Waals surface area contributed by atoms with E-state index < -0.39 is 10.0 Å². The van der Waals surface area contributed by atoms with E-state index in [0.29, 0.717) is 5.69 Å². The molecule has 6 nitrogen and oxygen atoms in total.